The Bertz CT molecular complexity index is 983. The van der Waals surface area contributed by atoms with Crippen LogP contribution in [-0.2, 0) is 20.9 Å². The molecule has 1 aromatic rings. The maximum atomic E-state index is 14.0. The summed E-state index contributed by atoms with van der Waals surface area (Å²) >= 11 is 1.47. The summed E-state index contributed by atoms with van der Waals surface area (Å²) in [4.78, 5) is 30.1. The van der Waals surface area contributed by atoms with Gasteiger partial charge >= 0.3 is 5.97 Å². The summed E-state index contributed by atoms with van der Waals surface area (Å²) in [7, 11) is 0. The van der Waals surface area contributed by atoms with E-state index in [-0.39, 0.29) is 47.9 Å². The van der Waals surface area contributed by atoms with E-state index < -0.39 is 6.04 Å². The van der Waals surface area contributed by atoms with Crippen molar-refractivity contribution in [3.8, 4) is 11.8 Å². The predicted octanol–water partition coefficient (Wildman–Crippen LogP) is 5.64. The van der Waals surface area contributed by atoms with E-state index in [2.05, 4.69) is 39.5 Å². The molecule has 0 unspecified atom stereocenters. The molecule has 2 aliphatic rings. The minimum absolute atomic E-state index is 0.00361. The van der Waals surface area contributed by atoms with Crippen molar-refractivity contribution in [3.05, 3.63) is 15.8 Å². The molecule has 2 aliphatic carbocycles. The van der Waals surface area contributed by atoms with Gasteiger partial charge in [-0.15, -0.1) is 11.3 Å². The van der Waals surface area contributed by atoms with Gasteiger partial charge in [0, 0.05) is 17.4 Å². The zero-order chi connectivity index (χ0) is 27.3. The fraction of sp³-hybridized carbons (Fsp3) is 0.733. The summed E-state index contributed by atoms with van der Waals surface area (Å²) in [6.07, 6.45) is 6.67. The molecule has 206 valence electrons. The number of carbonyl (C=O) groups excluding carboxylic acids is 2. The van der Waals surface area contributed by atoms with Gasteiger partial charge < -0.3 is 20.5 Å². The van der Waals surface area contributed by atoms with E-state index in [4.69, 9.17) is 10.5 Å². The summed E-state index contributed by atoms with van der Waals surface area (Å²) in [6, 6.07) is 1.38. The smallest absolute Gasteiger partial charge is 0.323 e. The number of hydrogen-bond acceptors (Lipinski definition) is 6. The van der Waals surface area contributed by atoms with E-state index in [1.54, 1.807) is 0 Å². The van der Waals surface area contributed by atoms with Crippen molar-refractivity contribution in [1.29, 1.82) is 0 Å². The first kappa shape index (κ1) is 29.7. The van der Waals surface area contributed by atoms with Crippen molar-refractivity contribution < 1.29 is 19.4 Å². The minimum Gasteiger partial charge on any atom is -0.461 e. The van der Waals surface area contributed by atoms with E-state index in [0.29, 0.717) is 18.8 Å². The van der Waals surface area contributed by atoms with Crippen molar-refractivity contribution in [1.82, 2.24) is 0 Å². The number of hydrogen-bond donors (Lipinski definition) is 2. The molecule has 37 heavy (non-hydrogen) atoms. The molecule has 0 saturated heterocycles. The third-order valence-electron chi connectivity index (χ3n) is 7.64. The minimum atomic E-state index is -0.616. The monoisotopic (exact) mass is 530 g/mol. The lowest BCUT2D eigenvalue weighted by atomic mass is 9.81. The van der Waals surface area contributed by atoms with Gasteiger partial charge in [-0.1, -0.05) is 32.6 Å². The molecule has 1 aromatic heterocycles. The number of nitrogens with two attached hydrogens (primary N) is 1. The predicted molar refractivity (Wildman–Crippen MR) is 150 cm³/mol. The molecule has 0 radical (unpaired) electrons. The molecule has 6 nitrogen and oxygen atoms in total. The molecule has 1 heterocycles. The molecule has 0 bridgehead atoms. The molecule has 3 N–H and O–H groups in total. The first-order valence-corrected chi connectivity index (χ1v) is 14.8. The number of thiophene rings is 1. The van der Waals surface area contributed by atoms with Gasteiger partial charge in [0.05, 0.1) is 22.0 Å². The van der Waals surface area contributed by atoms with Gasteiger partial charge in [-0.25, -0.2) is 0 Å². The van der Waals surface area contributed by atoms with Crippen LogP contribution in [0, 0.1) is 35.0 Å². The molecule has 3 rings (SSSR count). The molecular formula is C30H46N2O4S. The van der Waals surface area contributed by atoms with Crippen molar-refractivity contribution in [2.45, 2.75) is 118 Å². The van der Waals surface area contributed by atoms with E-state index >= 15 is 0 Å². The van der Waals surface area contributed by atoms with Gasteiger partial charge in [0.15, 0.2) is 0 Å². The molecule has 7 heteroatoms. The van der Waals surface area contributed by atoms with Crippen LogP contribution in [0.3, 0.4) is 0 Å². The second kappa shape index (κ2) is 12.8. The Labute approximate surface area is 227 Å². The van der Waals surface area contributed by atoms with Crippen molar-refractivity contribution in [2.24, 2.45) is 28.9 Å². The maximum Gasteiger partial charge on any atom is 0.323 e. The Hall–Kier alpha value is -1.88. The Balaban J connectivity index is 1.84. The highest BCUT2D eigenvalue weighted by Crippen LogP contribution is 2.39. The van der Waals surface area contributed by atoms with Crippen LogP contribution in [-0.4, -0.2) is 35.2 Å². The Morgan fingerprint density at radius 2 is 1.76 bits per heavy atom. The van der Waals surface area contributed by atoms with Crippen LogP contribution in [0.15, 0.2) is 6.07 Å². The zero-order valence-electron chi connectivity index (χ0n) is 23.5. The Morgan fingerprint density at radius 3 is 2.30 bits per heavy atom. The fourth-order valence-electron chi connectivity index (χ4n) is 5.18. The van der Waals surface area contributed by atoms with Crippen LogP contribution < -0.4 is 10.6 Å². The van der Waals surface area contributed by atoms with E-state index in [0.717, 1.165) is 54.0 Å². The quantitative estimate of drug-likeness (QED) is 0.352. The fourth-order valence-corrected chi connectivity index (χ4v) is 6.05. The second-order valence-corrected chi connectivity index (χ2v) is 13.5. The van der Waals surface area contributed by atoms with Crippen LogP contribution in [0.25, 0.3) is 0 Å². The zero-order valence-corrected chi connectivity index (χ0v) is 24.3. The highest BCUT2D eigenvalue weighted by Gasteiger charge is 2.37. The van der Waals surface area contributed by atoms with Gasteiger partial charge in [0.1, 0.15) is 12.1 Å². The number of nitrogens with zero attached hydrogens (tertiary/aromatic N) is 1. The summed E-state index contributed by atoms with van der Waals surface area (Å²) < 4.78 is 5.73. The summed E-state index contributed by atoms with van der Waals surface area (Å²) in [6.45, 7) is 12.2. The highest BCUT2D eigenvalue weighted by atomic mass is 32.1. The van der Waals surface area contributed by atoms with Gasteiger partial charge in [-0.3, -0.25) is 9.59 Å². The molecule has 0 aromatic carbocycles. The average Bonchev–Trinajstić information content (AvgIpc) is 3.26. The lowest BCUT2D eigenvalue weighted by Crippen LogP contribution is -2.47. The lowest BCUT2D eigenvalue weighted by molar-refractivity contribution is -0.153. The van der Waals surface area contributed by atoms with Crippen molar-refractivity contribution in [2.75, 3.05) is 4.90 Å². The molecule has 2 fully saturated rings. The van der Waals surface area contributed by atoms with E-state index in [1.807, 2.05) is 24.8 Å². The number of aliphatic hydroxyl groups is 1. The van der Waals surface area contributed by atoms with Crippen LogP contribution >= 0.6 is 11.3 Å². The Morgan fingerprint density at radius 1 is 1.14 bits per heavy atom. The third kappa shape index (κ3) is 8.05. The number of rotatable bonds is 7. The van der Waals surface area contributed by atoms with Crippen LogP contribution in [0.4, 0.5) is 5.69 Å². The number of carbonyl (C=O) groups is 2. The van der Waals surface area contributed by atoms with Gasteiger partial charge in [0.2, 0.25) is 5.91 Å². The van der Waals surface area contributed by atoms with Crippen LogP contribution in [0.1, 0.15) is 103 Å². The standard InChI is InChI=1S/C30H46N2O4S/c1-19(2)27(31)29(35)36-23-13-11-22(12-14-23)32(28(34)21-9-7-20(3)8-10-21)25-17-24(37-26(25)18-33)15-16-30(4,5)6/h17,19-23,27,33H,7-14,18,31H2,1-6H3/t20?,21?,22?,23?,27-/m0/s1. The summed E-state index contributed by atoms with van der Waals surface area (Å²) in [5, 5.41) is 10.2. The molecule has 1 atom stereocenters. The third-order valence-corrected chi connectivity index (χ3v) is 8.66. The first-order valence-electron chi connectivity index (χ1n) is 14.0. The van der Waals surface area contributed by atoms with E-state index in [1.165, 1.54) is 11.3 Å². The molecular weight excluding hydrogens is 484 g/mol. The van der Waals surface area contributed by atoms with Crippen molar-refractivity contribution >= 4 is 28.9 Å². The first-order chi connectivity index (χ1) is 17.4. The number of esters is 1. The second-order valence-electron chi connectivity index (χ2n) is 12.4. The average molecular weight is 531 g/mol. The van der Waals surface area contributed by atoms with Gasteiger partial charge in [-0.05, 0) is 90.0 Å². The number of ether oxygens (including phenoxy) is 1. The van der Waals surface area contributed by atoms with Gasteiger partial charge in [0.25, 0.3) is 0 Å². The SMILES string of the molecule is CC1CCC(C(=O)N(c2cc(C#CC(C)(C)C)sc2CO)C2CCC(OC(=O)[C@@H](N)C(C)C)CC2)CC1. The molecule has 0 aliphatic heterocycles. The highest BCUT2D eigenvalue weighted by molar-refractivity contribution is 7.13. The van der Waals surface area contributed by atoms with Crippen molar-refractivity contribution in [3.63, 3.8) is 0 Å². The lowest BCUT2D eigenvalue weighted by Gasteiger charge is -2.39. The van der Waals surface area contributed by atoms with Crippen LogP contribution in [0.5, 0.6) is 0 Å². The van der Waals surface area contributed by atoms with E-state index in [9.17, 15) is 14.7 Å². The van der Waals surface area contributed by atoms with Crippen LogP contribution in [0.2, 0.25) is 0 Å². The molecule has 1 amide bonds. The number of aliphatic hydroxyl groups excluding tert-OH is 1. The maximum absolute atomic E-state index is 14.0. The largest absolute Gasteiger partial charge is 0.461 e. The topological polar surface area (TPSA) is 92.9 Å². The summed E-state index contributed by atoms with van der Waals surface area (Å²) in [5.41, 5.74) is 6.65. The number of amides is 1. The number of anilines is 1. The Kier molecular flexibility index (Phi) is 10.2. The summed E-state index contributed by atoms with van der Waals surface area (Å²) in [5.74, 6) is 7.05. The van der Waals surface area contributed by atoms with Gasteiger partial charge in [-0.2, -0.15) is 0 Å². The molecule has 0 spiro atoms. The normalized spacial score (nSPS) is 25.2. The molecule has 2 saturated carbocycles.